The zero-order chi connectivity index (χ0) is 23.7. The van der Waals surface area contributed by atoms with Gasteiger partial charge in [0.15, 0.2) is 11.5 Å². The Hall–Kier alpha value is -4.05. The topological polar surface area (TPSA) is 108 Å². The lowest BCUT2D eigenvalue weighted by Crippen LogP contribution is -2.47. The Morgan fingerprint density at radius 1 is 1.12 bits per heavy atom. The fourth-order valence-corrected chi connectivity index (χ4v) is 4.04. The number of rotatable bonds is 7. The van der Waals surface area contributed by atoms with Crippen molar-refractivity contribution >= 4 is 11.6 Å². The minimum absolute atomic E-state index is 0.183. The monoisotopic (exact) mass is 464 g/mol. The van der Waals surface area contributed by atoms with E-state index >= 15 is 0 Å². The quantitative estimate of drug-likeness (QED) is 0.565. The van der Waals surface area contributed by atoms with Crippen LogP contribution in [0.4, 0.5) is 4.79 Å². The van der Waals surface area contributed by atoms with E-state index in [1.54, 1.807) is 19.1 Å². The van der Waals surface area contributed by atoms with Crippen molar-refractivity contribution < 1.29 is 28.3 Å². The van der Waals surface area contributed by atoms with E-state index in [4.69, 9.17) is 23.5 Å². The lowest BCUT2D eigenvalue weighted by molar-refractivity contribution is 0.158. The summed E-state index contributed by atoms with van der Waals surface area (Å²) in [5.41, 5.74) is 3.01. The Labute approximate surface area is 196 Å². The third-order valence-corrected chi connectivity index (χ3v) is 5.85. The van der Waals surface area contributed by atoms with E-state index < -0.39 is 6.04 Å². The number of carbonyl (C=O) groups excluding carboxylic acids is 1. The molecule has 10 heteroatoms. The number of nitrogens with one attached hydrogen (secondary N) is 1. The van der Waals surface area contributed by atoms with Gasteiger partial charge in [-0.1, -0.05) is 17.3 Å². The van der Waals surface area contributed by atoms with Gasteiger partial charge in [0.1, 0.15) is 5.75 Å². The molecule has 0 radical (unpaired) electrons. The number of amides is 2. The van der Waals surface area contributed by atoms with Gasteiger partial charge in [0.25, 0.3) is 5.89 Å². The molecule has 1 atom stereocenters. The van der Waals surface area contributed by atoms with E-state index in [9.17, 15) is 4.79 Å². The first-order chi connectivity index (χ1) is 16.6. The summed E-state index contributed by atoms with van der Waals surface area (Å²) in [5, 5.41) is 7.25. The van der Waals surface area contributed by atoms with Crippen LogP contribution in [0.25, 0.3) is 17.0 Å². The lowest BCUT2D eigenvalue weighted by atomic mass is 9.94. The van der Waals surface area contributed by atoms with Crippen LogP contribution in [0.5, 0.6) is 17.2 Å². The number of fused-ring (bicyclic) bond motifs is 1. The van der Waals surface area contributed by atoms with Gasteiger partial charge in [-0.05, 0) is 42.8 Å². The number of urea groups is 1. The predicted octanol–water partition coefficient (Wildman–Crippen LogP) is 3.62. The van der Waals surface area contributed by atoms with Crippen LogP contribution in [0.3, 0.4) is 0 Å². The zero-order valence-corrected chi connectivity index (χ0v) is 19.0. The van der Waals surface area contributed by atoms with Crippen LogP contribution in [0.15, 0.2) is 52.7 Å². The van der Waals surface area contributed by atoms with Gasteiger partial charge in [0.2, 0.25) is 12.6 Å². The van der Waals surface area contributed by atoms with Gasteiger partial charge in [-0.2, -0.15) is 4.98 Å². The Morgan fingerprint density at radius 3 is 2.68 bits per heavy atom. The number of nitrogens with zero attached hydrogens (tertiary/aromatic N) is 3. The molecule has 10 nitrogen and oxygen atoms in total. The molecule has 0 fully saturated rings. The molecule has 3 heterocycles. The molecule has 3 aromatic rings. The van der Waals surface area contributed by atoms with Gasteiger partial charge in [-0.25, -0.2) is 4.79 Å². The highest BCUT2D eigenvalue weighted by molar-refractivity contribution is 5.87. The number of hydrogen-bond acceptors (Lipinski definition) is 8. The minimum atomic E-state index is -0.484. The maximum absolute atomic E-state index is 12.9. The molecule has 176 valence electrons. The largest absolute Gasteiger partial charge is 0.497 e. The van der Waals surface area contributed by atoms with Crippen LogP contribution < -0.4 is 19.5 Å². The number of aromatic nitrogens is 2. The van der Waals surface area contributed by atoms with Gasteiger partial charge >= 0.3 is 6.03 Å². The van der Waals surface area contributed by atoms with Crippen LogP contribution in [0, 0.1) is 0 Å². The molecule has 2 aromatic carbocycles. The van der Waals surface area contributed by atoms with E-state index in [2.05, 4.69) is 15.5 Å². The molecule has 2 amide bonds. The predicted molar refractivity (Wildman–Crippen MR) is 121 cm³/mol. The molecule has 2 aliphatic rings. The fraction of sp³-hybridized carbons (Fsp3) is 0.292. The number of allylic oxidation sites excluding steroid dienone is 1. The molecule has 1 N–H and O–H groups in total. The highest BCUT2D eigenvalue weighted by Crippen LogP contribution is 2.39. The van der Waals surface area contributed by atoms with Crippen molar-refractivity contribution in [2.45, 2.75) is 13.0 Å². The Balaban J connectivity index is 1.55. The van der Waals surface area contributed by atoms with Gasteiger partial charge in [-0.15, -0.1) is 0 Å². The van der Waals surface area contributed by atoms with Crippen molar-refractivity contribution in [1.82, 2.24) is 20.4 Å². The molecule has 1 aromatic heterocycles. The lowest BCUT2D eigenvalue weighted by Gasteiger charge is -2.35. The average molecular weight is 464 g/mol. The highest BCUT2D eigenvalue weighted by atomic mass is 16.7. The Bertz CT molecular complexity index is 1240. The average Bonchev–Trinajstić information content (AvgIpc) is 3.53. The molecule has 2 aliphatic heterocycles. The standard InChI is InChI=1S/C24H24N4O6/c1-14-20(23-26-22(27-34-23)16-6-9-18-19(12-16)33-13-32-18)21(15-4-7-17(31-3)8-5-15)25-24(29)28(14)10-11-30-2/h4-9,12,21H,10-11,13H2,1-3H3,(H,25,29). The third-order valence-electron chi connectivity index (χ3n) is 5.85. The second-order valence-electron chi connectivity index (χ2n) is 7.79. The normalized spacial score (nSPS) is 17.2. The second-order valence-corrected chi connectivity index (χ2v) is 7.79. The second kappa shape index (κ2) is 9.06. The zero-order valence-electron chi connectivity index (χ0n) is 19.0. The maximum atomic E-state index is 12.9. The molecule has 34 heavy (non-hydrogen) atoms. The number of ether oxygens (including phenoxy) is 4. The highest BCUT2D eigenvalue weighted by Gasteiger charge is 2.35. The van der Waals surface area contributed by atoms with Gasteiger partial charge in [-0.3, -0.25) is 4.90 Å². The Morgan fingerprint density at radius 2 is 1.91 bits per heavy atom. The van der Waals surface area contributed by atoms with Crippen molar-refractivity contribution in [3.63, 3.8) is 0 Å². The summed E-state index contributed by atoms with van der Waals surface area (Å²) in [7, 11) is 3.20. The van der Waals surface area contributed by atoms with Crippen LogP contribution in [-0.2, 0) is 4.74 Å². The number of carbonyl (C=O) groups is 1. The van der Waals surface area contributed by atoms with E-state index in [-0.39, 0.29) is 12.8 Å². The first-order valence-electron chi connectivity index (χ1n) is 10.7. The van der Waals surface area contributed by atoms with Gasteiger partial charge in [0, 0.05) is 18.4 Å². The maximum Gasteiger partial charge on any atom is 0.322 e. The van der Waals surface area contributed by atoms with Crippen molar-refractivity contribution in [3.8, 4) is 28.6 Å². The van der Waals surface area contributed by atoms with Crippen LogP contribution in [-0.4, -0.2) is 55.2 Å². The van der Waals surface area contributed by atoms with E-state index in [1.165, 1.54) is 0 Å². The smallest absolute Gasteiger partial charge is 0.322 e. The fourth-order valence-electron chi connectivity index (χ4n) is 4.04. The van der Waals surface area contributed by atoms with E-state index in [0.717, 1.165) is 16.9 Å². The molecule has 5 rings (SSSR count). The van der Waals surface area contributed by atoms with Crippen molar-refractivity contribution in [1.29, 1.82) is 0 Å². The van der Waals surface area contributed by atoms with Crippen molar-refractivity contribution in [2.24, 2.45) is 0 Å². The Kier molecular flexibility index (Phi) is 5.81. The number of hydrogen-bond donors (Lipinski definition) is 1. The van der Waals surface area contributed by atoms with Crippen molar-refractivity contribution in [2.75, 3.05) is 34.2 Å². The van der Waals surface area contributed by atoms with Gasteiger partial charge < -0.3 is 28.8 Å². The number of benzene rings is 2. The SMILES string of the molecule is COCCN1C(=O)NC(c2ccc(OC)cc2)C(c2nc(-c3ccc4c(c3)OCO4)no2)=C1C. The summed E-state index contributed by atoms with van der Waals surface area (Å²) >= 11 is 0. The first kappa shape index (κ1) is 21.8. The van der Waals surface area contributed by atoms with Crippen LogP contribution in [0.2, 0.25) is 0 Å². The summed E-state index contributed by atoms with van der Waals surface area (Å²) < 4.78 is 27.0. The summed E-state index contributed by atoms with van der Waals surface area (Å²) in [6.45, 7) is 2.82. The summed E-state index contributed by atoms with van der Waals surface area (Å²) in [6.07, 6.45) is 0. The van der Waals surface area contributed by atoms with Crippen LogP contribution in [0.1, 0.15) is 24.4 Å². The summed E-state index contributed by atoms with van der Waals surface area (Å²) in [4.78, 5) is 19.2. The van der Waals surface area contributed by atoms with Gasteiger partial charge in [0.05, 0.1) is 31.9 Å². The summed E-state index contributed by atoms with van der Waals surface area (Å²) in [5.74, 6) is 2.74. The molecular formula is C24H24N4O6. The molecular weight excluding hydrogens is 440 g/mol. The van der Waals surface area contributed by atoms with E-state index in [1.807, 2.05) is 49.4 Å². The van der Waals surface area contributed by atoms with Crippen molar-refractivity contribution in [3.05, 3.63) is 59.6 Å². The first-order valence-corrected chi connectivity index (χ1v) is 10.7. The summed E-state index contributed by atoms with van der Waals surface area (Å²) in [6, 6.07) is 12.2. The third kappa shape index (κ3) is 3.92. The minimum Gasteiger partial charge on any atom is -0.497 e. The van der Waals surface area contributed by atoms with Crippen LogP contribution >= 0.6 is 0 Å². The molecule has 0 bridgehead atoms. The molecule has 0 aliphatic carbocycles. The van der Waals surface area contributed by atoms with E-state index in [0.29, 0.717) is 47.6 Å². The number of methoxy groups -OCH3 is 2. The molecule has 1 unspecified atom stereocenters. The molecule has 0 saturated heterocycles. The molecule has 0 spiro atoms. The molecule has 0 saturated carbocycles.